The van der Waals surface area contributed by atoms with Crippen LogP contribution in [-0.4, -0.2) is 46.5 Å². The fourth-order valence-corrected chi connectivity index (χ4v) is 3.29. The molecule has 7 nitrogen and oxygen atoms in total. The largest absolute Gasteiger partial charge is 0.497 e. The Labute approximate surface area is 170 Å². The van der Waals surface area contributed by atoms with E-state index in [0.29, 0.717) is 30.9 Å². The fourth-order valence-electron chi connectivity index (χ4n) is 3.29. The van der Waals surface area contributed by atoms with E-state index in [2.05, 4.69) is 10.3 Å². The summed E-state index contributed by atoms with van der Waals surface area (Å²) in [7, 11) is 1.57. The van der Waals surface area contributed by atoms with Crippen molar-refractivity contribution >= 4 is 28.5 Å². The van der Waals surface area contributed by atoms with Gasteiger partial charge in [-0.3, -0.25) is 9.59 Å². The van der Waals surface area contributed by atoms with Crippen LogP contribution < -0.4 is 10.1 Å². The van der Waals surface area contributed by atoms with Gasteiger partial charge >= 0.3 is 0 Å². The van der Waals surface area contributed by atoms with E-state index in [4.69, 9.17) is 4.74 Å². The number of amides is 2. The van der Waals surface area contributed by atoms with Gasteiger partial charge in [0, 0.05) is 31.3 Å². The number of ether oxygens (including phenoxy) is 1. The fraction of sp³-hybridized carbons (Fsp3) is 0.318. The Morgan fingerprint density at radius 1 is 1.17 bits per heavy atom. The average Bonchev–Trinajstić information content (AvgIpc) is 3.05. The Kier molecular flexibility index (Phi) is 6.49. The van der Waals surface area contributed by atoms with Gasteiger partial charge in [0.1, 0.15) is 11.6 Å². The maximum Gasteiger partial charge on any atom is 0.243 e. The number of hydrogen-bond acceptors (Lipinski definition) is 4. The second-order valence-electron chi connectivity index (χ2n) is 6.74. The lowest BCUT2D eigenvalue weighted by atomic mass is 10.3. The van der Waals surface area contributed by atoms with Crippen LogP contribution in [0.1, 0.15) is 19.2 Å². The quantitative estimate of drug-likeness (QED) is 0.636. The summed E-state index contributed by atoms with van der Waals surface area (Å²) in [6, 6.07) is 15.0. The van der Waals surface area contributed by atoms with Crippen molar-refractivity contribution in [1.29, 1.82) is 0 Å². The number of para-hydroxylation sites is 2. The number of nitrogens with one attached hydrogen (secondary N) is 1. The predicted octanol–water partition coefficient (Wildman–Crippen LogP) is 3.23. The first-order valence-corrected chi connectivity index (χ1v) is 9.65. The van der Waals surface area contributed by atoms with Crippen molar-refractivity contribution in [1.82, 2.24) is 14.5 Å². The minimum Gasteiger partial charge on any atom is -0.497 e. The zero-order valence-corrected chi connectivity index (χ0v) is 17.0. The molecule has 0 aliphatic heterocycles. The van der Waals surface area contributed by atoms with Gasteiger partial charge in [-0.25, -0.2) is 4.98 Å². The molecule has 0 unspecified atom stereocenters. The van der Waals surface area contributed by atoms with Crippen molar-refractivity contribution in [3.8, 4) is 5.75 Å². The third-order valence-electron chi connectivity index (χ3n) is 4.82. The summed E-state index contributed by atoms with van der Waals surface area (Å²) < 4.78 is 7.20. The van der Waals surface area contributed by atoms with Crippen LogP contribution in [0.2, 0.25) is 0 Å². The summed E-state index contributed by atoms with van der Waals surface area (Å²) in [5, 5.41) is 2.81. The zero-order valence-electron chi connectivity index (χ0n) is 17.0. The van der Waals surface area contributed by atoms with Gasteiger partial charge in [0.15, 0.2) is 0 Å². The highest BCUT2D eigenvalue weighted by Gasteiger charge is 2.17. The van der Waals surface area contributed by atoms with Gasteiger partial charge in [-0.15, -0.1) is 0 Å². The van der Waals surface area contributed by atoms with Crippen LogP contribution >= 0.6 is 0 Å². The molecule has 0 fully saturated rings. The van der Waals surface area contributed by atoms with E-state index in [1.165, 1.54) is 0 Å². The lowest BCUT2D eigenvalue weighted by Crippen LogP contribution is -2.38. The number of aromatic nitrogens is 2. The number of anilines is 1. The molecule has 7 heteroatoms. The Balaban J connectivity index is 1.59. The van der Waals surface area contributed by atoms with Crippen molar-refractivity contribution in [2.75, 3.05) is 25.5 Å². The number of aryl methyl sites for hydroxylation is 2. The monoisotopic (exact) mass is 394 g/mol. The molecule has 0 saturated carbocycles. The first-order valence-electron chi connectivity index (χ1n) is 9.65. The lowest BCUT2D eigenvalue weighted by Gasteiger charge is -2.21. The number of carbonyl (C=O) groups excluding carboxylic acids is 2. The molecule has 0 bridgehead atoms. The lowest BCUT2D eigenvalue weighted by molar-refractivity contribution is -0.134. The normalized spacial score (nSPS) is 10.7. The molecule has 0 atom stereocenters. The molecule has 0 aliphatic rings. The van der Waals surface area contributed by atoms with E-state index in [1.807, 2.05) is 42.7 Å². The van der Waals surface area contributed by atoms with Crippen molar-refractivity contribution < 1.29 is 14.3 Å². The van der Waals surface area contributed by atoms with Crippen LogP contribution in [0.3, 0.4) is 0 Å². The van der Waals surface area contributed by atoms with Gasteiger partial charge in [-0.05, 0) is 38.1 Å². The molecule has 1 aromatic heterocycles. The molecule has 2 aromatic carbocycles. The minimum atomic E-state index is -0.238. The number of fused-ring (bicyclic) bond motifs is 1. The van der Waals surface area contributed by atoms with E-state index in [1.54, 1.807) is 36.3 Å². The topological polar surface area (TPSA) is 76.5 Å². The first-order chi connectivity index (χ1) is 14.0. The molecule has 0 spiro atoms. The summed E-state index contributed by atoms with van der Waals surface area (Å²) >= 11 is 0. The molecule has 3 aromatic rings. The number of hydrogen-bond donors (Lipinski definition) is 1. The molecule has 1 heterocycles. The molecule has 2 amide bonds. The van der Waals surface area contributed by atoms with Gasteiger partial charge in [-0.1, -0.05) is 18.2 Å². The number of carbonyl (C=O) groups is 2. The van der Waals surface area contributed by atoms with Gasteiger partial charge in [-0.2, -0.15) is 0 Å². The molecular formula is C22H26N4O3. The highest BCUT2D eigenvalue weighted by Crippen LogP contribution is 2.17. The standard InChI is InChI=1S/C22H26N4O3/c1-4-25(15-21(27)24-17-8-7-9-18(14-17)29-3)22(28)12-13-26-16(2)23-19-10-5-6-11-20(19)26/h5-11,14H,4,12-13,15H2,1-3H3,(H,24,27). The summed E-state index contributed by atoms with van der Waals surface area (Å²) in [5.41, 5.74) is 2.57. The number of likely N-dealkylation sites (N-methyl/N-ethyl adjacent to an activating group) is 1. The van der Waals surface area contributed by atoms with Gasteiger partial charge in [0.2, 0.25) is 11.8 Å². The van der Waals surface area contributed by atoms with Crippen LogP contribution in [0, 0.1) is 6.92 Å². The Bertz CT molecular complexity index is 1010. The maximum atomic E-state index is 12.7. The molecule has 0 aliphatic carbocycles. The molecule has 0 radical (unpaired) electrons. The Morgan fingerprint density at radius 2 is 1.97 bits per heavy atom. The van der Waals surface area contributed by atoms with E-state index in [-0.39, 0.29) is 18.4 Å². The van der Waals surface area contributed by atoms with Gasteiger partial charge in [0.25, 0.3) is 0 Å². The first kappa shape index (κ1) is 20.4. The molecule has 1 N–H and O–H groups in total. The SMILES string of the molecule is CCN(CC(=O)Nc1cccc(OC)c1)C(=O)CCn1c(C)nc2ccccc21. The van der Waals surface area contributed by atoms with Crippen LogP contribution in [0.4, 0.5) is 5.69 Å². The molecule has 3 rings (SSSR count). The van der Waals surface area contributed by atoms with Gasteiger partial charge < -0.3 is 19.5 Å². The molecular weight excluding hydrogens is 368 g/mol. The second kappa shape index (κ2) is 9.23. The summed E-state index contributed by atoms with van der Waals surface area (Å²) in [6.07, 6.45) is 0.307. The Hall–Kier alpha value is -3.35. The van der Waals surface area contributed by atoms with Crippen LogP contribution in [-0.2, 0) is 16.1 Å². The van der Waals surface area contributed by atoms with Crippen molar-refractivity contribution in [2.45, 2.75) is 26.8 Å². The summed E-state index contributed by atoms with van der Waals surface area (Å²) in [4.78, 5) is 31.2. The van der Waals surface area contributed by atoms with Crippen LogP contribution in [0.5, 0.6) is 5.75 Å². The highest BCUT2D eigenvalue weighted by atomic mass is 16.5. The maximum absolute atomic E-state index is 12.7. The minimum absolute atomic E-state index is 0.0101. The van der Waals surface area contributed by atoms with E-state index in [0.717, 1.165) is 16.9 Å². The third-order valence-corrected chi connectivity index (χ3v) is 4.82. The third kappa shape index (κ3) is 4.93. The average molecular weight is 394 g/mol. The van der Waals surface area contributed by atoms with Crippen molar-refractivity contribution in [2.24, 2.45) is 0 Å². The zero-order chi connectivity index (χ0) is 20.8. The predicted molar refractivity (Wildman–Crippen MR) is 113 cm³/mol. The number of methoxy groups -OCH3 is 1. The van der Waals surface area contributed by atoms with E-state index in [9.17, 15) is 9.59 Å². The van der Waals surface area contributed by atoms with Crippen molar-refractivity contribution in [3.63, 3.8) is 0 Å². The molecule has 152 valence electrons. The second-order valence-corrected chi connectivity index (χ2v) is 6.74. The molecule has 0 saturated heterocycles. The summed E-state index contributed by atoms with van der Waals surface area (Å²) in [5.74, 6) is 1.23. The number of nitrogens with zero attached hydrogens (tertiary/aromatic N) is 3. The smallest absolute Gasteiger partial charge is 0.243 e. The van der Waals surface area contributed by atoms with E-state index >= 15 is 0 Å². The van der Waals surface area contributed by atoms with Crippen molar-refractivity contribution in [3.05, 3.63) is 54.4 Å². The molecule has 29 heavy (non-hydrogen) atoms. The van der Waals surface area contributed by atoms with Crippen LogP contribution in [0.15, 0.2) is 48.5 Å². The number of rotatable bonds is 8. The number of benzene rings is 2. The number of imidazole rings is 1. The highest BCUT2D eigenvalue weighted by molar-refractivity contribution is 5.94. The Morgan fingerprint density at radius 3 is 2.72 bits per heavy atom. The van der Waals surface area contributed by atoms with Crippen LogP contribution in [0.25, 0.3) is 11.0 Å². The van der Waals surface area contributed by atoms with E-state index < -0.39 is 0 Å². The summed E-state index contributed by atoms with van der Waals surface area (Å²) in [6.45, 7) is 4.81. The van der Waals surface area contributed by atoms with Gasteiger partial charge in [0.05, 0.1) is 24.7 Å².